The van der Waals surface area contributed by atoms with Gasteiger partial charge >= 0.3 is 0 Å². The predicted molar refractivity (Wildman–Crippen MR) is 94.8 cm³/mol. The molecule has 1 heterocycles. The summed E-state index contributed by atoms with van der Waals surface area (Å²) in [6, 6.07) is 15.0. The van der Waals surface area contributed by atoms with Crippen molar-refractivity contribution >= 4 is 28.3 Å². The van der Waals surface area contributed by atoms with Gasteiger partial charge in [0, 0.05) is 33.9 Å². The first-order chi connectivity index (χ1) is 10.2. The molecule has 0 aliphatic carbocycles. The smallest absolute Gasteiger partial charge is 0.0991 e. The number of aryl methyl sites for hydroxylation is 1. The molecule has 0 radical (unpaired) electrons. The van der Waals surface area contributed by atoms with Crippen LogP contribution in [0.25, 0.3) is 5.69 Å². The summed E-state index contributed by atoms with van der Waals surface area (Å²) in [4.78, 5) is 4.06. The van der Waals surface area contributed by atoms with E-state index in [0.29, 0.717) is 0 Å². The zero-order valence-electron chi connectivity index (χ0n) is 11.8. The highest BCUT2D eigenvalue weighted by Crippen LogP contribution is 2.19. The maximum Gasteiger partial charge on any atom is 0.0991 e. The van der Waals surface area contributed by atoms with Gasteiger partial charge in [0.05, 0.1) is 6.33 Å². The van der Waals surface area contributed by atoms with Crippen molar-refractivity contribution in [1.82, 2.24) is 9.55 Å². The quantitative estimate of drug-likeness (QED) is 0.671. The van der Waals surface area contributed by atoms with Crippen LogP contribution in [0.3, 0.4) is 0 Å². The maximum atomic E-state index is 4.06. The van der Waals surface area contributed by atoms with Crippen molar-refractivity contribution in [2.75, 3.05) is 5.32 Å². The van der Waals surface area contributed by atoms with Crippen molar-refractivity contribution in [3.05, 3.63) is 75.9 Å². The van der Waals surface area contributed by atoms with E-state index in [-0.39, 0.29) is 0 Å². The number of hydrogen-bond acceptors (Lipinski definition) is 2. The van der Waals surface area contributed by atoms with Gasteiger partial charge in [-0.1, -0.05) is 12.1 Å². The van der Waals surface area contributed by atoms with Crippen LogP contribution in [0.1, 0.15) is 11.1 Å². The highest BCUT2D eigenvalue weighted by Gasteiger charge is 2.00. The van der Waals surface area contributed by atoms with Crippen LogP contribution in [0.15, 0.2) is 61.2 Å². The Morgan fingerprint density at radius 3 is 2.62 bits per heavy atom. The van der Waals surface area contributed by atoms with Gasteiger partial charge in [0.1, 0.15) is 0 Å². The molecule has 0 aliphatic heterocycles. The summed E-state index contributed by atoms with van der Waals surface area (Å²) in [5.74, 6) is 0. The van der Waals surface area contributed by atoms with Crippen LogP contribution < -0.4 is 5.32 Å². The molecule has 3 aromatic rings. The lowest BCUT2D eigenvalue weighted by atomic mass is 10.1. The van der Waals surface area contributed by atoms with E-state index in [1.807, 2.05) is 17.1 Å². The van der Waals surface area contributed by atoms with Gasteiger partial charge in [-0.05, 0) is 71.0 Å². The van der Waals surface area contributed by atoms with Gasteiger partial charge in [0.2, 0.25) is 0 Å². The molecule has 0 amide bonds. The zero-order valence-corrected chi connectivity index (χ0v) is 13.9. The standard InChI is InChI=1S/C17H16IN3/c1-13-10-15(18)4-7-17(13)20-11-14-2-5-16(6-3-14)21-9-8-19-12-21/h2-10,12,20H,11H2,1H3. The van der Waals surface area contributed by atoms with E-state index >= 15 is 0 Å². The minimum absolute atomic E-state index is 0.825. The van der Waals surface area contributed by atoms with Gasteiger partial charge in [-0.3, -0.25) is 0 Å². The van der Waals surface area contributed by atoms with E-state index in [0.717, 1.165) is 12.2 Å². The minimum atomic E-state index is 0.825. The van der Waals surface area contributed by atoms with E-state index in [1.54, 1.807) is 6.20 Å². The van der Waals surface area contributed by atoms with E-state index in [9.17, 15) is 0 Å². The molecule has 1 N–H and O–H groups in total. The summed E-state index contributed by atoms with van der Waals surface area (Å²) in [5, 5.41) is 3.49. The van der Waals surface area contributed by atoms with Crippen LogP contribution in [0.5, 0.6) is 0 Å². The molecule has 2 aromatic carbocycles. The molecular formula is C17H16IN3. The highest BCUT2D eigenvalue weighted by atomic mass is 127. The SMILES string of the molecule is Cc1cc(I)ccc1NCc1ccc(-n2ccnc2)cc1. The molecular weight excluding hydrogens is 373 g/mol. The zero-order chi connectivity index (χ0) is 14.7. The molecule has 0 fully saturated rings. The number of aromatic nitrogens is 2. The first-order valence-electron chi connectivity index (χ1n) is 6.80. The van der Waals surface area contributed by atoms with Crippen LogP contribution >= 0.6 is 22.6 Å². The Morgan fingerprint density at radius 2 is 1.95 bits per heavy atom. The summed E-state index contributed by atoms with van der Waals surface area (Å²) >= 11 is 2.34. The Balaban J connectivity index is 1.68. The molecule has 0 unspecified atom stereocenters. The Bertz CT molecular complexity index is 718. The number of imidazole rings is 1. The van der Waals surface area contributed by atoms with Crippen LogP contribution in [-0.2, 0) is 6.54 Å². The maximum absolute atomic E-state index is 4.06. The van der Waals surface area contributed by atoms with Gasteiger partial charge in [0.15, 0.2) is 0 Å². The fourth-order valence-electron chi connectivity index (χ4n) is 2.22. The largest absolute Gasteiger partial charge is 0.381 e. The fraction of sp³-hybridized carbons (Fsp3) is 0.118. The third-order valence-electron chi connectivity index (χ3n) is 3.41. The Labute approximate surface area is 138 Å². The Kier molecular flexibility index (Phi) is 4.24. The number of nitrogens with zero attached hydrogens (tertiary/aromatic N) is 2. The van der Waals surface area contributed by atoms with Crippen molar-refractivity contribution in [1.29, 1.82) is 0 Å². The molecule has 0 saturated heterocycles. The second-order valence-corrected chi connectivity index (χ2v) is 6.19. The molecule has 3 nitrogen and oxygen atoms in total. The van der Waals surface area contributed by atoms with Crippen molar-refractivity contribution in [2.24, 2.45) is 0 Å². The topological polar surface area (TPSA) is 29.9 Å². The average Bonchev–Trinajstić information content (AvgIpc) is 3.01. The molecule has 0 spiro atoms. The second kappa shape index (κ2) is 6.30. The van der Waals surface area contributed by atoms with Crippen LogP contribution in [-0.4, -0.2) is 9.55 Å². The van der Waals surface area contributed by atoms with E-state index < -0.39 is 0 Å². The van der Waals surface area contributed by atoms with Crippen molar-refractivity contribution in [3.63, 3.8) is 0 Å². The molecule has 106 valence electrons. The lowest BCUT2D eigenvalue weighted by molar-refractivity contribution is 1.05. The summed E-state index contributed by atoms with van der Waals surface area (Å²) < 4.78 is 3.26. The second-order valence-electron chi connectivity index (χ2n) is 4.95. The normalized spacial score (nSPS) is 10.6. The number of nitrogens with one attached hydrogen (secondary N) is 1. The lowest BCUT2D eigenvalue weighted by Gasteiger charge is -2.10. The Morgan fingerprint density at radius 1 is 1.14 bits per heavy atom. The van der Waals surface area contributed by atoms with Crippen molar-refractivity contribution < 1.29 is 0 Å². The molecule has 4 heteroatoms. The number of rotatable bonds is 4. The van der Waals surface area contributed by atoms with Gasteiger partial charge in [-0.25, -0.2) is 4.98 Å². The highest BCUT2D eigenvalue weighted by molar-refractivity contribution is 14.1. The Hall–Kier alpha value is -1.82. The van der Waals surface area contributed by atoms with Gasteiger partial charge in [0.25, 0.3) is 0 Å². The van der Waals surface area contributed by atoms with Gasteiger partial charge < -0.3 is 9.88 Å². The van der Waals surface area contributed by atoms with E-state index in [1.165, 1.54) is 20.4 Å². The monoisotopic (exact) mass is 389 g/mol. The molecule has 0 aliphatic rings. The predicted octanol–water partition coefficient (Wildman–Crippen LogP) is 4.40. The van der Waals surface area contributed by atoms with E-state index in [4.69, 9.17) is 0 Å². The third kappa shape index (κ3) is 3.44. The lowest BCUT2D eigenvalue weighted by Crippen LogP contribution is -2.01. The van der Waals surface area contributed by atoms with Crippen molar-refractivity contribution in [2.45, 2.75) is 13.5 Å². The van der Waals surface area contributed by atoms with Crippen LogP contribution in [0.4, 0.5) is 5.69 Å². The van der Waals surface area contributed by atoms with E-state index in [2.05, 4.69) is 82.3 Å². The summed E-state index contributed by atoms with van der Waals surface area (Å²) in [7, 11) is 0. The summed E-state index contributed by atoms with van der Waals surface area (Å²) in [6.45, 7) is 2.96. The minimum Gasteiger partial charge on any atom is -0.381 e. The third-order valence-corrected chi connectivity index (χ3v) is 4.08. The molecule has 0 saturated carbocycles. The van der Waals surface area contributed by atoms with Gasteiger partial charge in [-0.15, -0.1) is 0 Å². The first-order valence-corrected chi connectivity index (χ1v) is 7.87. The van der Waals surface area contributed by atoms with Crippen LogP contribution in [0.2, 0.25) is 0 Å². The number of halogens is 1. The first kappa shape index (κ1) is 14.1. The van der Waals surface area contributed by atoms with Crippen LogP contribution in [0, 0.1) is 10.5 Å². The summed E-state index contributed by atoms with van der Waals surface area (Å²) in [5.41, 5.74) is 4.85. The van der Waals surface area contributed by atoms with Gasteiger partial charge in [-0.2, -0.15) is 0 Å². The number of benzene rings is 2. The molecule has 21 heavy (non-hydrogen) atoms. The summed E-state index contributed by atoms with van der Waals surface area (Å²) in [6.07, 6.45) is 5.54. The average molecular weight is 389 g/mol. The molecule has 0 atom stereocenters. The number of anilines is 1. The molecule has 0 bridgehead atoms. The molecule has 1 aromatic heterocycles. The number of hydrogen-bond donors (Lipinski definition) is 1. The fourth-order valence-corrected chi connectivity index (χ4v) is 2.87. The molecule has 3 rings (SSSR count). The van der Waals surface area contributed by atoms with Crippen molar-refractivity contribution in [3.8, 4) is 5.69 Å².